The van der Waals surface area contributed by atoms with Crippen LogP contribution in [0, 0.1) is 15.9 Å². The first kappa shape index (κ1) is 16.4. The molecule has 7 heteroatoms. The summed E-state index contributed by atoms with van der Waals surface area (Å²) in [5.41, 5.74) is 1.25. The second-order valence-corrected chi connectivity index (χ2v) is 4.93. The van der Waals surface area contributed by atoms with Gasteiger partial charge in [0, 0.05) is 25.7 Å². The SMILES string of the molecule is COC(=O)c1ccc(CN(C)c2cc(F)ccc2[N+](=O)[O-])cc1. The third kappa shape index (κ3) is 3.82. The quantitative estimate of drug-likeness (QED) is 0.481. The van der Waals surface area contributed by atoms with Gasteiger partial charge in [-0.1, -0.05) is 12.1 Å². The van der Waals surface area contributed by atoms with Gasteiger partial charge in [-0.2, -0.15) is 0 Å². The predicted octanol–water partition coefficient (Wildman–Crippen LogP) is 3.16. The second kappa shape index (κ2) is 6.87. The Balaban J connectivity index is 2.22. The molecule has 0 spiro atoms. The number of hydrogen-bond acceptors (Lipinski definition) is 5. The maximum absolute atomic E-state index is 13.4. The lowest BCUT2D eigenvalue weighted by atomic mass is 10.1. The van der Waals surface area contributed by atoms with Gasteiger partial charge in [0.25, 0.3) is 5.69 Å². The number of carbonyl (C=O) groups excluding carboxylic acids is 1. The maximum Gasteiger partial charge on any atom is 0.337 e. The summed E-state index contributed by atoms with van der Waals surface area (Å²) in [6, 6.07) is 9.97. The fourth-order valence-corrected chi connectivity index (χ4v) is 2.18. The summed E-state index contributed by atoms with van der Waals surface area (Å²) in [6.07, 6.45) is 0. The Morgan fingerprint density at radius 2 is 1.91 bits per heavy atom. The Morgan fingerprint density at radius 1 is 1.26 bits per heavy atom. The molecule has 2 aromatic rings. The summed E-state index contributed by atoms with van der Waals surface area (Å²) >= 11 is 0. The van der Waals surface area contributed by atoms with Crippen LogP contribution in [-0.2, 0) is 11.3 Å². The molecule has 0 heterocycles. The molecule has 0 aromatic heterocycles. The first-order valence-corrected chi connectivity index (χ1v) is 6.74. The number of nitro groups is 1. The molecule has 0 N–H and O–H groups in total. The Kier molecular flexibility index (Phi) is 4.90. The zero-order valence-electron chi connectivity index (χ0n) is 12.7. The molecule has 0 fully saturated rings. The van der Waals surface area contributed by atoms with Crippen molar-refractivity contribution < 1.29 is 18.8 Å². The van der Waals surface area contributed by atoms with Crippen LogP contribution in [0.1, 0.15) is 15.9 Å². The number of methoxy groups -OCH3 is 1. The molecule has 0 bridgehead atoms. The van der Waals surface area contributed by atoms with Crippen molar-refractivity contribution in [2.75, 3.05) is 19.1 Å². The van der Waals surface area contributed by atoms with E-state index in [1.54, 1.807) is 36.2 Å². The van der Waals surface area contributed by atoms with Crippen molar-refractivity contribution in [1.82, 2.24) is 0 Å². The van der Waals surface area contributed by atoms with Gasteiger partial charge in [-0.3, -0.25) is 10.1 Å². The fraction of sp³-hybridized carbons (Fsp3) is 0.188. The van der Waals surface area contributed by atoms with Crippen LogP contribution in [0.2, 0.25) is 0 Å². The molecular formula is C16H15FN2O4. The number of esters is 1. The molecule has 0 saturated carbocycles. The number of nitrogens with zero attached hydrogens (tertiary/aromatic N) is 2. The number of hydrogen-bond donors (Lipinski definition) is 0. The van der Waals surface area contributed by atoms with Crippen LogP contribution in [-0.4, -0.2) is 25.1 Å². The number of rotatable bonds is 5. The van der Waals surface area contributed by atoms with Gasteiger partial charge in [-0.05, 0) is 23.8 Å². The molecule has 0 unspecified atom stereocenters. The topological polar surface area (TPSA) is 72.7 Å². The van der Waals surface area contributed by atoms with Gasteiger partial charge in [0.2, 0.25) is 0 Å². The number of carbonyl (C=O) groups is 1. The average molecular weight is 318 g/mol. The molecule has 23 heavy (non-hydrogen) atoms. The summed E-state index contributed by atoms with van der Waals surface area (Å²) in [5.74, 6) is -0.982. The predicted molar refractivity (Wildman–Crippen MR) is 82.9 cm³/mol. The van der Waals surface area contributed by atoms with E-state index < -0.39 is 16.7 Å². The molecule has 2 rings (SSSR count). The van der Waals surface area contributed by atoms with Crippen LogP contribution < -0.4 is 4.90 Å². The van der Waals surface area contributed by atoms with Gasteiger partial charge < -0.3 is 9.64 Å². The van der Waals surface area contributed by atoms with Crippen molar-refractivity contribution in [2.24, 2.45) is 0 Å². The molecule has 0 aliphatic carbocycles. The van der Waals surface area contributed by atoms with Crippen molar-refractivity contribution in [2.45, 2.75) is 6.54 Å². The molecule has 0 aliphatic rings. The molecule has 0 radical (unpaired) electrons. The van der Waals surface area contributed by atoms with Crippen LogP contribution in [0.4, 0.5) is 15.8 Å². The lowest BCUT2D eigenvalue weighted by Gasteiger charge is -2.19. The third-order valence-electron chi connectivity index (χ3n) is 3.34. The number of halogens is 1. The summed E-state index contributed by atoms with van der Waals surface area (Å²) in [7, 11) is 2.93. The second-order valence-electron chi connectivity index (χ2n) is 4.93. The molecule has 120 valence electrons. The monoisotopic (exact) mass is 318 g/mol. The highest BCUT2D eigenvalue weighted by Gasteiger charge is 2.18. The summed E-state index contributed by atoms with van der Waals surface area (Å²) in [5, 5.41) is 11.0. The zero-order valence-corrected chi connectivity index (χ0v) is 12.7. The highest BCUT2D eigenvalue weighted by molar-refractivity contribution is 5.89. The highest BCUT2D eigenvalue weighted by Crippen LogP contribution is 2.29. The van der Waals surface area contributed by atoms with Gasteiger partial charge in [0.05, 0.1) is 17.6 Å². The maximum atomic E-state index is 13.4. The molecule has 6 nitrogen and oxygen atoms in total. The van der Waals surface area contributed by atoms with E-state index in [-0.39, 0.29) is 11.4 Å². The van der Waals surface area contributed by atoms with Crippen molar-refractivity contribution in [1.29, 1.82) is 0 Å². The smallest absolute Gasteiger partial charge is 0.337 e. The number of nitro benzene ring substituents is 1. The van der Waals surface area contributed by atoms with Crippen LogP contribution in [0.3, 0.4) is 0 Å². The van der Waals surface area contributed by atoms with E-state index in [1.807, 2.05) is 0 Å². The lowest BCUT2D eigenvalue weighted by Crippen LogP contribution is -2.18. The average Bonchev–Trinajstić information content (AvgIpc) is 2.54. The summed E-state index contributed by atoms with van der Waals surface area (Å²) < 4.78 is 18.0. The van der Waals surface area contributed by atoms with Crippen molar-refractivity contribution >= 4 is 17.3 Å². The minimum atomic E-state index is -0.550. The van der Waals surface area contributed by atoms with E-state index in [0.717, 1.165) is 23.8 Å². The minimum absolute atomic E-state index is 0.167. The molecule has 0 atom stereocenters. The van der Waals surface area contributed by atoms with E-state index in [1.165, 1.54) is 7.11 Å². The molecular weight excluding hydrogens is 303 g/mol. The molecule has 0 aliphatic heterocycles. The Morgan fingerprint density at radius 3 is 2.48 bits per heavy atom. The van der Waals surface area contributed by atoms with Crippen molar-refractivity contribution in [3.63, 3.8) is 0 Å². The van der Waals surface area contributed by atoms with Crippen molar-refractivity contribution in [3.8, 4) is 0 Å². The summed E-state index contributed by atoms with van der Waals surface area (Å²) in [4.78, 5) is 23.5. The number of benzene rings is 2. The molecule has 0 saturated heterocycles. The van der Waals surface area contributed by atoms with Gasteiger partial charge in [-0.25, -0.2) is 9.18 Å². The van der Waals surface area contributed by atoms with Crippen LogP contribution in [0.15, 0.2) is 42.5 Å². The zero-order chi connectivity index (χ0) is 17.0. The highest BCUT2D eigenvalue weighted by atomic mass is 19.1. The van der Waals surface area contributed by atoms with Crippen LogP contribution >= 0.6 is 0 Å². The first-order valence-electron chi connectivity index (χ1n) is 6.74. The third-order valence-corrected chi connectivity index (χ3v) is 3.34. The van der Waals surface area contributed by atoms with E-state index >= 15 is 0 Å². The van der Waals surface area contributed by atoms with E-state index in [9.17, 15) is 19.3 Å². The normalized spacial score (nSPS) is 10.2. The van der Waals surface area contributed by atoms with Gasteiger partial charge in [0.15, 0.2) is 0 Å². The minimum Gasteiger partial charge on any atom is -0.465 e. The fourth-order valence-electron chi connectivity index (χ4n) is 2.18. The number of ether oxygens (including phenoxy) is 1. The lowest BCUT2D eigenvalue weighted by molar-refractivity contribution is -0.384. The van der Waals surface area contributed by atoms with Gasteiger partial charge in [0.1, 0.15) is 11.5 Å². The first-order chi connectivity index (χ1) is 10.9. The van der Waals surface area contributed by atoms with Crippen LogP contribution in [0.25, 0.3) is 0 Å². The van der Waals surface area contributed by atoms with E-state index in [0.29, 0.717) is 12.1 Å². The molecule has 0 amide bonds. The Hall–Kier alpha value is -2.96. The summed E-state index contributed by atoms with van der Waals surface area (Å²) in [6.45, 7) is 0.325. The van der Waals surface area contributed by atoms with E-state index in [4.69, 9.17) is 0 Å². The van der Waals surface area contributed by atoms with Gasteiger partial charge >= 0.3 is 5.97 Å². The van der Waals surface area contributed by atoms with Crippen LogP contribution in [0.5, 0.6) is 0 Å². The number of anilines is 1. The largest absolute Gasteiger partial charge is 0.465 e. The van der Waals surface area contributed by atoms with Gasteiger partial charge in [-0.15, -0.1) is 0 Å². The van der Waals surface area contributed by atoms with Crippen molar-refractivity contribution in [3.05, 3.63) is 69.5 Å². The Labute approximate surface area is 132 Å². The Bertz CT molecular complexity index is 731. The molecule has 2 aromatic carbocycles. The standard InChI is InChI=1S/C16H15FN2O4/c1-18(15-9-13(17)7-8-14(15)19(21)22)10-11-3-5-12(6-4-11)16(20)23-2/h3-9H,10H2,1-2H3. The van der Waals surface area contributed by atoms with E-state index in [2.05, 4.69) is 4.74 Å².